The number of carbonyl (C=O) groups excluding carboxylic acids is 1. The average Bonchev–Trinajstić information content (AvgIpc) is 2.38. The van der Waals surface area contributed by atoms with Crippen LogP contribution < -0.4 is 16.0 Å². The molecule has 0 unspecified atom stereocenters. The lowest BCUT2D eigenvalue weighted by molar-refractivity contribution is -0.119. The molecule has 1 fully saturated rings. The van der Waals surface area contributed by atoms with Gasteiger partial charge in [-0.15, -0.1) is 0 Å². The van der Waals surface area contributed by atoms with Crippen LogP contribution in [0, 0.1) is 0 Å². The third kappa shape index (κ3) is 3.39. The molecule has 4 nitrogen and oxygen atoms in total. The number of amides is 1. The zero-order valence-electron chi connectivity index (χ0n) is 11.2. The molecule has 1 aromatic carbocycles. The first-order chi connectivity index (χ1) is 9.11. The molecule has 104 valence electrons. The van der Waals surface area contributed by atoms with Gasteiger partial charge in [-0.05, 0) is 25.0 Å². The van der Waals surface area contributed by atoms with Crippen LogP contribution in [0.1, 0.15) is 25.3 Å². The van der Waals surface area contributed by atoms with Gasteiger partial charge in [0.05, 0.1) is 0 Å². The van der Waals surface area contributed by atoms with Crippen LogP contribution in [0.2, 0.25) is 5.02 Å². The van der Waals surface area contributed by atoms with Gasteiger partial charge in [0, 0.05) is 48.9 Å². The van der Waals surface area contributed by atoms with Gasteiger partial charge in [-0.25, -0.2) is 0 Å². The van der Waals surface area contributed by atoms with Crippen LogP contribution in [0.15, 0.2) is 18.2 Å². The Kier molecular flexibility index (Phi) is 4.66. The molecule has 1 amide bonds. The van der Waals surface area contributed by atoms with Gasteiger partial charge >= 0.3 is 0 Å². The van der Waals surface area contributed by atoms with Crippen LogP contribution in [0.3, 0.4) is 0 Å². The summed E-state index contributed by atoms with van der Waals surface area (Å²) < 4.78 is 0. The highest BCUT2D eigenvalue weighted by molar-refractivity contribution is 6.31. The second-order valence-corrected chi connectivity index (χ2v) is 5.31. The number of hydrogen-bond acceptors (Lipinski definition) is 3. The van der Waals surface area contributed by atoms with Crippen molar-refractivity contribution in [2.45, 2.75) is 32.4 Å². The summed E-state index contributed by atoms with van der Waals surface area (Å²) in [5, 5.41) is 3.70. The summed E-state index contributed by atoms with van der Waals surface area (Å²) in [6.07, 6.45) is 1.91. The van der Waals surface area contributed by atoms with E-state index in [2.05, 4.69) is 16.3 Å². The van der Waals surface area contributed by atoms with Gasteiger partial charge in [-0.1, -0.05) is 17.7 Å². The Morgan fingerprint density at radius 1 is 1.47 bits per heavy atom. The molecule has 1 aliphatic heterocycles. The summed E-state index contributed by atoms with van der Waals surface area (Å²) in [7, 11) is 0. The summed E-state index contributed by atoms with van der Waals surface area (Å²) in [5.41, 5.74) is 7.91. The fourth-order valence-electron chi connectivity index (χ4n) is 2.60. The molecule has 1 aromatic rings. The zero-order chi connectivity index (χ0) is 13.8. The summed E-state index contributed by atoms with van der Waals surface area (Å²) in [4.78, 5) is 13.3. The number of benzene rings is 1. The van der Waals surface area contributed by atoms with E-state index in [1.54, 1.807) is 6.92 Å². The van der Waals surface area contributed by atoms with Crippen LogP contribution in [0.4, 0.5) is 5.69 Å². The fraction of sp³-hybridized carbons (Fsp3) is 0.500. The number of anilines is 1. The molecule has 2 rings (SSSR count). The summed E-state index contributed by atoms with van der Waals surface area (Å²) in [6.45, 7) is 3.84. The lowest BCUT2D eigenvalue weighted by Gasteiger charge is -2.35. The summed E-state index contributed by atoms with van der Waals surface area (Å²) in [6, 6.07) is 6.18. The Balaban J connectivity index is 2.05. The molecule has 0 aromatic heterocycles. The fourth-order valence-corrected chi connectivity index (χ4v) is 2.84. The topological polar surface area (TPSA) is 58.4 Å². The Labute approximate surface area is 118 Å². The van der Waals surface area contributed by atoms with E-state index in [0.717, 1.165) is 42.2 Å². The normalized spacial score (nSPS) is 16.5. The van der Waals surface area contributed by atoms with E-state index in [0.29, 0.717) is 6.54 Å². The van der Waals surface area contributed by atoms with Crippen molar-refractivity contribution in [3.63, 3.8) is 0 Å². The molecule has 1 heterocycles. The monoisotopic (exact) mass is 281 g/mol. The average molecular weight is 282 g/mol. The van der Waals surface area contributed by atoms with Gasteiger partial charge in [0.1, 0.15) is 0 Å². The van der Waals surface area contributed by atoms with E-state index < -0.39 is 0 Å². The number of carbonyl (C=O) groups is 1. The summed E-state index contributed by atoms with van der Waals surface area (Å²) in [5.74, 6) is 0.0452. The maximum Gasteiger partial charge on any atom is 0.217 e. The molecule has 0 radical (unpaired) electrons. The lowest BCUT2D eigenvalue weighted by Crippen LogP contribution is -2.44. The zero-order valence-corrected chi connectivity index (χ0v) is 11.9. The van der Waals surface area contributed by atoms with Crippen LogP contribution >= 0.6 is 11.6 Å². The van der Waals surface area contributed by atoms with Crippen molar-refractivity contribution in [3.8, 4) is 0 Å². The number of piperidine rings is 1. The highest BCUT2D eigenvalue weighted by Crippen LogP contribution is 2.29. The van der Waals surface area contributed by atoms with Crippen molar-refractivity contribution in [1.82, 2.24) is 5.32 Å². The Morgan fingerprint density at radius 3 is 2.74 bits per heavy atom. The molecule has 0 atom stereocenters. The minimum absolute atomic E-state index is 0.0452. The molecule has 5 heteroatoms. The lowest BCUT2D eigenvalue weighted by atomic mass is 10.0. The second-order valence-electron chi connectivity index (χ2n) is 4.90. The predicted octanol–water partition coefficient (Wildman–Crippen LogP) is 1.90. The van der Waals surface area contributed by atoms with Crippen LogP contribution in [-0.4, -0.2) is 25.0 Å². The van der Waals surface area contributed by atoms with Gasteiger partial charge in [0.2, 0.25) is 5.91 Å². The van der Waals surface area contributed by atoms with Gasteiger partial charge in [0.15, 0.2) is 0 Å². The first kappa shape index (κ1) is 14.2. The first-order valence-corrected chi connectivity index (χ1v) is 6.99. The highest BCUT2D eigenvalue weighted by atomic mass is 35.5. The number of nitrogens with one attached hydrogen (secondary N) is 1. The van der Waals surface area contributed by atoms with Crippen molar-refractivity contribution in [1.29, 1.82) is 0 Å². The number of hydrogen-bond donors (Lipinski definition) is 2. The van der Waals surface area contributed by atoms with Crippen LogP contribution in [-0.2, 0) is 11.3 Å². The first-order valence-electron chi connectivity index (χ1n) is 6.61. The van der Waals surface area contributed by atoms with Crippen molar-refractivity contribution in [3.05, 3.63) is 28.8 Å². The highest BCUT2D eigenvalue weighted by Gasteiger charge is 2.21. The van der Waals surface area contributed by atoms with Gasteiger partial charge in [0.25, 0.3) is 0 Å². The molecule has 19 heavy (non-hydrogen) atoms. The summed E-state index contributed by atoms with van der Waals surface area (Å²) >= 11 is 6.18. The van der Waals surface area contributed by atoms with Gasteiger partial charge in [-0.3, -0.25) is 4.79 Å². The van der Waals surface area contributed by atoms with E-state index >= 15 is 0 Å². The molecule has 1 saturated heterocycles. The van der Waals surface area contributed by atoms with Crippen molar-refractivity contribution >= 4 is 23.2 Å². The standard InChI is InChI=1S/C14H20ClN3O/c1-10(19)17-11-5-7-18(8-6-11)14-4-2-3-13(15)12(14)9-16/h2-4,11H,5-9,16H2,1H3,(H,17,19). The van der Waals surface area contributed by atoms with Crippen molar-refractivity contribution in [2.24, 2.45) is 5.73 Å². The molecule has 3 N–H and O–H groups in total. The molecule has 0 spiro atoms. The van der Waals surface area contributed by atoms with Gasteiger partial charge < -0.3 is 16.0 Å². The minimum atomic E-state index is 0.0452. The SMILES string of the molecule is CC(=O)NC1CCN(c2cccc(Cl)c2CN)CC1. The van der Waals surface area contributed by atoms with Gasteiger partial charge in [-0.2, -0.15) is 0 Å². The maximum atomic E-state index is 11.0. The molecular formula is C14H20ClN3O. The smallest absolute Gasteiger partial charge is 0.217 e. The second kappa shape index (κ2) is 6.26. The third-order valence-corrected chi connectivity index (χ3v) is 3.90. The largest absolute Gasteiger partial charge is 0.371 e. The van der Waals surface area contributed by atoms with Crippen molar-refractivity contribution < 1.29 is 4.79 Å². The predicted molar refractivity (Wildman–Crippen MR) is 78.4 cm³/mol. The van der Waals surface area contributed by atoms with E-state index in [4.69, 9.17) is 17.3 Å². The quantitative estimate of drug-likeness (QED) is 0.890. The Hall–Kier alpha value is -1.26. The Morgan fingerprint density at radius 2 is 2.16 bits per heavy atom. The minimum Gasteiger partial charge on any atom is -0.371 e. The van der Waals surface area contributed by atoms with E-state index in [1.807, 2.05) is 12.1 Å². The third-order valence-electron chi connectivity index (χ3n) is 3.54. The molecule has 0 saturated carbocycles. The van der Waals surface area contributed by atoms with E-state index in [-0.39, 0.29) is 11.9 Å². The number of halogens is 1. The van der Waals surface area contributed by atoms with Crippen LogP contribution in [0.25, 0.3) is 0 Å². The Bertz CT molecular complexity index is 456. The number of nitrogens with two attached hydrogens (primary N) is 1. The number of rotatable bonds is 3. The van der Waals surface area contributed by atoms with E-state index in [9.17, 15) is 4.79 Å². The van der Waals surface area contributed by atoms with Crippen molar-refractivity contribution in [2.75, 3.05) is 18.0 Å². The molecule has 1 aliphatic rings. The van der Waals surface area contributed by atoms with E-state index in [1.165, 1.54) is 0 Å². The molecule has 0 aliphatic carbocycles. The molecular weight excluding hydrogens is 262 g/mol. The number of nitrogens with zero attached hydrogens (tertiary/aromatic N) is 1. The van der Waals surface area contributed by atoms with Crippen LogP contribution in [0.5, 0.6) is 0 Å². The molecule has 0 bridgehead atoms. The maximum absolute atomic E-state index is 11.0.